The van der Waals surface area contributed by atoms with Gasteiger partial charge in [0.1, 0.15) is 5.54 Å². The van der Waals surface area contributed by atoms with Crippen LogP contribution in [0.3, 0.4) is 0 Å². The highest BCUT2D eigenvalue weighted by Gasteiger charge is 2.71. The van der Waals surface area contributed by atoms with Gasteiger partial charge < -0.3 is 4.90 Å². The van der Waals surface area contributed by atoms with Crippen molar-refractivity contribution < 1.29 is 31.2 Å². The van der Waals surface area contributed by atoms with Crippen LogP contribution >= 0.6 is 0 Å². The number of aromatic nitrogens is 1. The van der Waals surface area contributed by atoms with E-state index in [1.165, 1.54) is 11.1 Å². The highest BCUT2D eigenvalue weighted by Crippen LogP contribution is 2.56. The molecule has 34 heavy (non-hydrogen) atoms. The summed E-state index contributed by atoms with van der Waals surface area (Å²) < 4.78 is 62.0. The van der Waals surface area contributed by atoms with Gasteiger partial charge in [0.2, 0.25) is 0 Å². The maximum Gasteiger partial charge on any atom is 0.501 e. The van der Waals surface area contributed by atoms with Gasteiger partial charge in [-0.1, -0.05) is 6.92 Å². The Labute approximate surface area is 194 Å². The molecule has 2 unspecified atom stereocenters. The molecule has 0 radical (unpaired) electrons. The molecule has 1 saturated heterocycles. The summed E-state index contributed by atoms with van der Waals surface area (Å²) in [5.41, 5.74) is -5.38. The fourth-order valence-electron chi connectivity index (χ4n) is 4.49. The fourth-order valence-corrected chi connectivity index (χ4v) is 5.26. The lowest BCUT2D eigenvalue weighted by Crippen LogP contribution is -2.40. The van der Waals surface area contributed by atoms with Crippen molar-refractivity contribution in [2.24, 2.45) is 5.92 Å². The van der Waals surface area contributed by atoms with Gasteiger partial charge in [-0.3, -0.25) is 14.7 Å². The minimum absolute atomic E-state index is 0.00413. The third-order valence-corrected chi connectivity index (χ3v) is 7.96. The van der Waals surface area contributed by atoms with Crippen molar-refractivity contribution in [3.05, 3.63) is 42.7 Å². The van der Waals surface area contributed by atoms with Crippen LogP contribution in [0, 0.1) is 5.92 Å². The van der Waals surface area contributed by atoms with Gasteiger partial charge in [-0.15, -0.1) is 0 Å². The van der Waals surface area contributed by atoms with Crippen LogP contribution in [0.25, 0.3) is 0 Å². The van der Waals surface area contributed by atoms with Crippen LogP contribution in [-0.4, -0.2) is 49.5 Å². The molecule has 2 aliphatic rings. The summed E-state index contributed by atoms with van der Waals surface area (Å²) in [5, 5.41) is 0. The lowest BCUT2D eigenvalue weighted by atomic mass is 10.1. The second kappa shape index (κ2) is 7.97. The van der Waals surface area contributed by atoms with Crippen molar-refractivity contribution in [3.8, 4) is 0 Å². The summed E-state index contributed by atoms with van der Waals surface area (Å²) in [5.74, 6) is -0.643. The number of nitrogens with zero attached hydrogens (tertiary/aromatic N) is 4. The Kier molecular flexibility index (Phi) is 5.62. The van der Waals surface area contributed by atoms with E-state index in [2.05, 4.69) is 4.98 Å². The Morgan fingerprint density at radius 3 is 2.21 bits per heavy atom. The van der Waals surface area contributed by atoms with Gasteiger partial charge in [-0.05, 0) is 56.5 Å². The van der Waals surface area contributed by atoms with Gasteiger partial charge >= 0.3 is 11.5 Å². The van der Waals surface area contributed by atoms with E-state index in [9.17, 15) is 31.2 Å². The summed E-state index contributed by atoms with van der Waals surface area (Å²) in [6.45, 7) is 7.04. The van der Waals surface area contributed by atoms with Gasteiger partial charge in [0.05, 0.1) is 28.2 Å². The number of imide groups is 1. The summed E-state index contributed by atoms with van der Waals surface area (Å²) in [6, 6.07) is 4.58. The molecule has 2 heterocycles. The van der Waals surface area contributed by atoms with Crippen LogP contribution < -0.4 is 14.7 Å². The first kappa shape index (κ1) is 24.0. The lowest BCUT2D eigenvalue weighted by Gasteiger charge is -2.29. The molecule has 0 N–H and O–H groups in total. The Hall–Kier alpha value is -3.15. The Morgan fingerprint density at radius 1 is 1.12 bits per heavy atom. The molecule has 1 aliphatic carbocycles. The molecule has 8 nitrogen and oxygen atoms in total. The summed E-state index contributed by atoms with van der Waals surface area (Å²) in [6.07, 6.45) is 3.58. The number of urea groups is 1. The second-order valence-electron chi connectivity index (χ2n) is 8.27. The monoisotopic (exact) mass is 496 g/mol. The van der Waals surface area contributed by atoms with Crippen LogP contribution in [0.5, 0.6) is 0 Å². The molecule has 2 fully saturated rings. The molecule has 4 rings (SSSR count). The Morgan fingerprint density at radius 2 is 1.71 bits per heavy atom. The lowest BCUT2D eigenvalue weighted by molar-refractivity contribution is -0.119. The Bertz CT molecular complexity index is 1250. The van der Waals surface area contributed by atoms with Crippen molar-refractivity contribution in [1.82, 2.24) is 4.98 Å². The molecule has 1 spiro atoms. The first-order chi connectivity index (χ1) is 15.9. The number of rotatable bonds is 6. The number of anilines is 3. The standard InChI is InChI=1S/C22H23F3N4O4S/c1-4-27(5-2)18-13-26-11-10-17(18)29-20(31)28(19(30)21(29)12-14(21)3)15-6-8-16(9-7-15)34(32,33)22(23,24)25/h6-11,13-14H,4-5,12H2,1-3H3. The van der Waals surface area contributed by atoms with E-state index in [1.54, 1.807) is 12.3 Å². The predicted molar refractivity (Wildman–Crippen MR) is 119 cm³/mol. The number of benzene rings is 1. The second-order valence-corrected chi connectivity index (χ2v) is 10.2. The molecule has 1 aromatic carbocycles. The zero-order valence-corrected chi connectivity index (χ0v) is 19.5. The number of amides is 3. The van der Waals surface area contributed by atoms with Gasteiger partial charge in [-0.2, -0.15) is 13.2 Å². The molecule has 1 aliphatic heterocycles. The maximum absolute atomic E-state index is 13.6. The third-order valence-electron chi connectivity index (χ3n) is 6.46. The normalized spacial score (nSPS) is 22.6. The Balaban J connectivity index is 1.77. The number of hydrogen-bond acceptors (Lipinski definition) is 6. The summed E-state index contributed by atoms with van der Waals surface area (Å²) >= 11 is 0. The molecule has 3 amide bonds. The molecular weight excluding hydrogens is 473 g/mol. The zero-order chi connectivity index (χ0) is 25.1. The fraction of sp³-hybridized carbons (Fsp3) is 0.409. The number of pyridine rings is 1. The van der Waals surface area contributed by atoms with E-state index in [0.717, 1.165) is 29.2 Å². The topological polar surface area (TPSA) is 90.9 Å². The van der Waals surface area contributed by atoms with Gasteiger partial charge in [0.15, 0.2) is 0 Å². The quantitative estimate of drug-likeness (QED) is 0.562. The van der Waals surface area contributed by atoms with Crippen LogP contribution in [-0.2, 0) is 14.6 Å². The SMILES string of the molecule is CCN(CC)c1cnccc1N1C(=O)N(c2ccc(S(=O)(=O)C(F)(F)F)cc2)C(=O)C12CC2C. The number of carbonyl (C=O) groups is 2. The molecule has 0 bridgehead atoms. The number of sulfone groups is 1. The number of halogens is 3. The van der Waals surface area contributed by atoms with E-state index in [1.807, 2.05) is 25.7 Å². The summed E-state index contributed by atoms with van der Waals surface area (Å²) in [7, 11) is -5.55. The molecule has 1 saturated carbocycles. The average Bonchev–Trinajstić information content (AvgIpc) is 3.40. The van der Waals surface area contributed by atoms with Gasteiger partial charge in [0.25, 0.3) is 15.7 Å². The van der Waals surface area contributed by atoms with Gasteiger partial charge in [-0.25, -0.2) is 18.1 Å². The van der Waals surface area contributed by atoms with E-state index < -0.39 is 37.7 Å². The highest BCUT2D eigenvalue weighted by atomic mass is 32.2. The minimum atomic E-state index is -5.55. The van der Waals surface area contributed by atoms with E-state index in [0.29, 0.717) is 30.9 Å². The first-order valence-electron chi connectivity index (χ1n) is 10.7. The highest BCUT2D eigenvalue weighted by molar-refractivity contribution is 7.92. The van der Waals surface area contributed by atoms with Crippen molar-refractivity contribution in [2.75, 3.05) is 27.8 Å². The van der Waals surface area contributed by atoms with Crippen molar-refractivity contribution >= 4 is 38.8 Å². The zero-order valence-electron chi connectivity index (χ0n) is 18.7. The molecule has 1 aromatic heterocycles. The molecule has 12 heteroatoms. The van der Waals surface area contributed by atoms with Crippen molar-refractivity contribution in [1.29, 1.82) is 0 Å². The van der Waals surface area contributed by atoms with E-state index >= 15 is 0 Å². The van der Waals surface area contributed by atoms with Crippen molar-refractivity contribution in [2.45, 2.75) is 43.1 Å². The van der Waals surface area contributed by atoms with Crippen LogP contribution in [0.1, 0.15) is 27.2 Å². The van der Waals surface area contributed by atoms with Gasteiger partial charge in [0, 0.05) is 19.3 Å². The molecule has 182 valence electrons. The van der Waals surface area contributed by atoms with E-state index in [4.69, 9.17) is 0 Å². The number of carbonyl (C=O) groups excluding carboxylic acids is 2. The molecule has 2 atom stereocenters. The number of alkyl halides is 3. The predicted octanol–water partition coefficient (Wildman–Crippen LogP) is 3.97. The van der Waals surface area contributed by atoms with Crippen LogP contribution in [0.4, 0.5) is 35.0 Å². The molecule has 2 aromatic rings. The van der Waals surface area contributed by atoms with Crippen LogP contribution in [0.15, 0.2) is 47.6 Å². The number of hydrogen-bond donors (Lipinski definition) is 0. The average molecular weight is 497 g/mol. The smallest absolute Gasteiger partial charge is 0.369 e. The molecular formula is C22H23F3N4O4S. The van der Waals surface area contributed by atoms with Crippen molar-refractivity contribution in [3.63, 3.8) is 0 Å². The largest absolute Gasteiger partial charge is 0.501 e. The minimum Gasteiger partial charge on any atom is -0.369 e. The first-order valence-corrected chi connectivity index (χ1v) is 12.2. The summed E-state index contributed by atoms with van der Waals surface area (Å²) in [4.78, 5) is 34.6. The maximum atomic E-state index is 13.6. The third kappa shape index (κ3) is 3.34. The van der Waals surface area contributed by atoms with E-state index in [-0.39, 0.29) is 11.6 Å². The van der Waals surface area contributed by atoms with Crippen LogP contribution in [0.2, 0.25) is 0 Å².